The minimum atomic E-state index is -3.42. The molecule has 0 bridgehead atoms. The Balaban J connectivity index is 3.19. The Labute approximate surface area is 126 Å². The lowest BCUT2D eigenvalue weighted by atomic mass is 10.1. The molecular formula is C16H23O4P. The fraction of sp³-hybridized carbons (Fsp3) is 0.438. The Bertz CT molecular complexity index is 512. The maximum atomic E-state index is 12.9. The molecule has 1 aromatic rings. The second-order valence-corrected chi connectivity index (χ2v) is 6.53. The van der Waals surface area contributed by atoms with Crippen molar-refractivity contribution in [1.82, 2.24) is 0 Å². The number of Topliss-reactive ketones (excluding diaryl/α,β-unsaturated/α-hetero) is 1. The molecule has 0 spiro atoms. The summed E-state index contributed by atoms with van der Waals surface area (Å²) in [4.78, 5) is 11.8. The van der Waals surface area contributed by atoms with Gasteiger partial charge in [0, 0.05) is 18.2 Å². The third-order valence-electron chi connectivity index (χ3n) is 2.86. The van der Waals surface area contributed by atoms with E-state index in [4.69, 9.17) is 9.05 Å². The van der Waals surface area contributed by atoms with Crippen molar-refractivity contribution >= 4 is 19.5 Å². The molecule has 21 heavy (non-hydrogen) atoms. The van der Waals surface area contributed by atoms with Crippen LogP contribution >= 0.6 is 7.60 Å². The Morgan fingerprint density at radius 1 is 1.10 bits per heavy atom. The van der Waals surface area contributed by atoms with Crippen LogP contribution in [-0.2, 0) is 18.4 Å². The van der Waals surface area contributed by atoms with Gasteiger partial charge in [0.25, 0.3) is 0 Å². The third-order valence-corrected chi connectivity index (χ3v) is 5.04. The van der Waals surface area contributed by atoms with E-state index in [9.17, 15) is 9.36 Å². The third kappa shape index (κ3) is 5.58. The van der Waals surface area contributed by atoms with Gasteiger partial charge in [-0.3, -0.25) is 9.36 Å². The van der Waals surface area contributed by atoms with Gasteiger partial charge in [0.05, 0.1) is 13.2 Å². The van der Waals surface area contributed by atoms with E-state index in [1.165, 1.54) is 0 Å². The minimum Gasteiger partial charge on any atom is -0.306 e. The lowest BCUT2D eigenvalue weighted by molar-refractivity contribution is -0.118. The lowest BCUT2D eigenvalue weighted by Gasteiger charge is -2.20. The fourth-order valence-corrected chi connectivity index (χ4v) is 3.60. The number of ketones is 1. The van der Waals surface area contributed by atoms with Gasteiger partial charge in [-0.05, 0) is 25.5 Å². The molecule has 0 saturated carbocycles. The standard InChI is InChI=1S/C16H23O4P/c1-4-15(17)13-16(12-14-10-8-7-9-11-14)21(18,19-5-2)20-6-3/h7-12H,4-6,13H2,1-3H3/b16-12+. The van der Waals surface area contributed by atoms with E-state index in [-0.39, 0.29) is 25.4 Å². The summed E-state index contributed by atoms with van der Waals surface area (Å²) in [6, 6.07) is 9.45. The second kappa shape index (κ2) is 8.93. The molecule has 0 amide bonds. The molecule has 1 aromatic carbocycles. The van der Waals surface area contributed by atoms with Gasteiger partial charge in [-0.2, -0.15) is 0 Å². The van der Waals surface area contributed by atoms with E-state index < -0.39 is 7.60 Å². The van der Waals surface area contributed by atoms with Gasteiger partial charge >= 0.3 is 7.60 Å². The minimum absolute atomic E-state index is 0.0109. The van der Waals surface area contributed by atoms with Crippen LogP contribution < -0.4 is 0 Å². The second-order valence-electron chi connectivity index (χ2n) is 4.45. The van der Waals surface area contributed by atoms with Crippen molar-refractivity contribution < 1.29 is 18.4 Å². The fourth-order valence-electron chi connectivity index (χ4n) is 1.84. The van der Waals surface area contributed by atoms with Crippen LogP contribution in [0.1, 0.15) is 39.2 Å². The molecule has 0 saturated heterocycles. The quantitative estimate of drug-likeness (QED) is 0.622. The molecule has 4 nitrogen and oxygen atoms in total. The van der Waals surface area contributed by atoms with Crippen molar-refractivity contribution in [2.24, 2.45) is 0 Å². The van der Waals surface area contributed by atoms with Crippen molar-refractivity contribution in [2.75, 3.05) is 13.2 Å². The van der Waals surface area contributed by atoms with E-state index in [0.29, 0.717) is 11.7 Å². The van der Waals surface area contributed by atoms with Crippen LogP contribution in [0.4, 0.5) is 0 Å². The first-order valence-corrected chi connectivity index (χ1v) is 8.77. The van der Waals surface area contributed by atoms with Crippen LogP contribution in [0.25, 0.3) is 6.08 Å². The van der Waals surface area contributed by atoms with Gasteiger partial charge in [-0.25, -0.2) is 0 Å². The maximum Gasteiger partial charge on any atom is 0.357 e. The van der Waals surface area contributed by atoms with Crippen molar-refractivity contribution in [1.29, 1.82) is 0 Å². The summed E-state index contributed by atoms with van der Waals surface area (Å²) in [5, 5.41) is 0.421. The number of allylic oxidation sites excluding steroid dienone is 1. The summed E-state index contributed by atoms with van der Waals surface area (Å²) in [5.74, 6) is 0.0109. The number of hydrogen-bond donors (Lipinski definition) is 0. The molecule has 0 aromatic heterocycles. The number of carbonyl (C=O) groups is 1. The van der Waals surface area contributed by atoms with Crippen molar-refractivity contribution in [3.8, 4) is 0 Å². The first-order valence-electron chi connectivity index (χ1n) is 7.22. The van der Waals surface area contributed by atoms with Crippen LogP contribution in [0.5, 0.6) is 0 Å². The number of rotatable bonds is 9. The SMILES string of the molecule is CCOP(=O)(OCC)/C(=C/c1ccccc1)CC(=O)CC. The highest BCUT2D eigenvalue weighted by Crippen LogP contribution is 2.58. The van der Waals surface area contributed by atoms with Crippen LogP contribution in [0.3, 0.4) is 0 Å². The predicted octanol–water partition coefficient (Wildman–Crippen LogP) is 4.66. The Morgan fingerprint density at radius 2 is 1.67 bits per heavy atom. The summed E-state index contributed by atoms with van der Waals surface area (Å²) in [6.07, 6.45) is 2.21. The summed E-state index contributed by atoms with van der Waals surface area (Å²) < 4.78 is 23.6. The number of benzene rings is 1. The lowest BCUT2D eigenvalue weighted by Crippen LogP contribution is -2.04. The van der Waals surface area contributed by atoms with Gasteiger partial charge in [0.1, 0.15) is 5.78 Å². The van der Waals surface area contributed by atoms with Gasteiger partial charge in [-0.15, -0.1) is 0 Å². The summed E-state index contributed by atoms with van der Waals surface area (Å²) in [5.41, 5.74) is 0.871. The highest BCUT2D eigenvalue weighted by atomic mass is 31.2. The van der Waals surface area contributed by atoms with Crippen LogP contribution in [0.15, 0.2) is 35.6 Å². The van der Waals surface area contributed by atoms with E-state index in [2.05, 4.69) is 0 Å². The predicted molar refractivity (Wildman–Crippen MR) is 85.2 cm³/mol. The molecule has 0 radical (unpaired) electrons. The number of hydrogen-bond acceptors (Lipinski definition) is 4. The Hall–Kier alpha value is -1.22. The van der Waals surface area contributed by atoms with Gasteiger partial charge in [0.2, 0.25) is 0 Å². The highest BCUT2D eigenvalue weighted by Gasteiger charge is 2.30. The van der Waals surface area contributed by atoms with Gasteiger partial charge in [0.15, 0.2) is 0 Å². The molecule has 0 aliphatic carbocycles. The van der Waals surface area contributed by atoms with E-state index in [0.717, 1.165) is 5.56 Å². The van der Waals surface area contributed by atoms with E-state index in [1.807, 2.05) is 30.3 Å². The molecule has 116 valence electrons. The van der Waals surface area contributed by atoms with Gasteiger partial charge in [-0.1, -0.05) is 37.3 Å². The van der Waals surface area contributed by atoms with Crippen LogP contribution in [0, 0.1) is 0 Å². The molecule has 0 N–H and O–H groups in total. The summed E-state index contributed by atoms with van der Waals surface area (Å²) >= 11 is 0. The zero-order valence-corrected chi connectivity index (χ0v) is 13.8. The zero-order chi connectivity index (χ0) is 15.7. The summed E-state index contributed by atoms with van der Waals surface area (Å²) in [7, 11) is -3.42. The van der Waals surface area contributed by atoms with Crippen LogP contribution in [0.2, 0.25) is 0 Å². The van der Waals surface area contributed by atoms with E-state index >= 15 is 0 Å². The largest absolute Gasteiger partial charge is 0.357 e. The summed E-state index contributed by atoms with van der Waals surface area (Å²) in [6.45, 7) is 5.84. The molecule has 1 rings (SSSR count). The highest BCUT2D eigenvalue weighted by molar-refractivity contribution is 7.58. The van der Waals surface area contributed by atoms with E-state index in [1.54, 1.807) is 26.8 Å². The maximum absolute atomic E-state index is 12.9. The molecule has 0 unspecified atom stereocenters. The average Bonchev–Trinajstić information content (AvgIpc) is 2.48. The topological polar surface area (TPSA) is 52.6 Å². The molecule has 0 fully saturated rings. The zero-order valence-electron chi connectivity index (χ0n) is 12.9. The Morgan fingerprint density at radius 3 is 2.14 bits per heavy atom. The Kier molecular flexibility index (Phi) is 7.58. The monoisotopic (exact) mass is 310 g/mol. The molecule has 5 heteroatoms. The molecule has 0 aliphatic rings. The normalized spacial score (nSPS) is 12.4. The van der Waals surface area contributed by atoms with Crippen molar-refractivity contribution in [2.45, 2.75) is 33.6 Å². The number of carbonyl (C=O) groups excluding carboxylic acids is 1. The average molecular weight is 310 g/mol. The van der Waals surface area contributed by atoms with Gasteiger partial charge < -0.3 is 9.05 Å². The van der Waals surface area contributed by atoms with Crippen LogP contribution in [-0.4, -0.2) is 19.0 Å². The molecule has 0 aliphatic heterocycles. The first-order chi connectivity index (χ1) is 10.1. The smallest absolute Gasteiger partial charge is 0.306 e. The molecule has 0 heterocycles. The molecular weight excluding hydrogens is 287 g/mol. The first kappa shape index (κ1) is 17.8. The molecule has 0 atom stereocenters. The van der Waals surface area contributed by atoms with Crippen molar-refractivity contribution in [3.05, 3.63) is 41.2 Å². The van der Waals surface area contributed by atoms with Crippen molar-refractivity contribution in [3.63, 3.8) is 0 Å².